The molecule has 4 rings (SSSR count). The minimum absolute atomic E-state index is 0.471. The van der Waals surface area contributed by atoms with E-state index < -0.39 is 0 Å². The molecule has 4 nitrogen and oxygen atoms in total. The molecule has 0 unspecified atom stereocenters. The zero-order chi connectivity index (χ0) is 16.2. The summed E-state index contributed by atoms with van der Waals surface area (Å²) in [4.78, 5) is 5.55. The van der Waals surface area contributed by atoms with Gasteiger partial charge in [0.25, 0.3) is 0 Å². The molecule has 1 aromatic heterocycles. The molecule has 0 spiro atoms. The highest BCUT2D eigenvalue weighted by Crippen LogP contribution is 2.36. The van der Waals surface area contributed by atoms with Gasteiger partial charge in [-0.2, -0.15) is 0 Å². The summed E-state index contributed by atoms with van der Waals surface area (Å²) in [6.45, 7) is 1.86. The molecule has 1 aliphatic rings. The molecular weight excluding hydrogens is 322 g/mol. The second kappa shape index (κ2) is 6.93. The third-order valence-corrected chi connectivity index (χ3v) is 4.71. The van der Waals surface area contributed by atoms with Gasteiger partial charge in [-0.1, -0.05) is 18.2 Å². The van der Waals surface area contributed by atoms with Gasteiger partial charge >= 0.3 is 0 Å². The Hall–Kier alpha value is -2.53. The van der Waals surface area contributed by atoms with Crippen molar-refractivity contribution < 1.29 is 14.2 Å². The molecule has 122 valence electrons. The summed E-state index contributed by atoms with van der Waals surface area (Å²) >= 11 is 1.63. The molecule has 5 heteroatoms. The summed E-state index contributed by atoms with van der Waals surface area (Å²) in [5.41, 5.74) is 1.09. The van der Waals surface area contributed by atoms with E-state index in [0.29, 0.717) is 19.8 Å². The summed E-state index contributed by atoms with van der Waals surface area (Å²) < 4.78 is 17.2. The van der Waals surface area contributed by atoms with E-state index in [1.807, 2.05) is 54.7 Å². The average Bonchev–Trinajstić information content (AvgIpc) is 2.98. The summed E-state index contributed by atoms with van der Waals surface area (Å²) in [5.74, 6) is 2.47. The minimum Gasteiger partial charge on any atom is -0.490 e. The van der Waals surface area contributed by atoms with Crippen molar-refractivity contribution >= 4 is 11.3 Å². The molecule has 0 N–H and O–H groups in total. The van der Waals surface area contributed by atoms with Crippen LogP contribution in [0.1, 0.15) is 11.4 Å². The second-order valence-corrected chi connectivity index (χ2v) is 6.55. The van der Waals surface area contributed by atoms with E-state index in [9.17, 15) is 0 Å². The minimum atomic E-state index is 0.471. The zero-order valence-electron chi connectivity index (χ0n) is 13.1. The van der Waals surface area contributed by atoms with Crippen LogP contribution in [0.4, 0.5) is 0 Å². The topological polar surface area (TPSA) is 40.6 Å². The van der Waals surface area contributed by atoms with Gasteiger partial charge in [-0.3, -0.25) is 0 Å². The largest absolute Gasteiger partial charge is 0.490 e. The molecule has 0 amide bonds. The Morgan fingerprint density at radius 1 is 1.00 bits per heavy atom. The van der Waals surface area contributed by atoms with Gasteiger partial charge in [0.05, 0.1) is 18.1 Å². The lowest BCUT2D eigenvalue weighted by Gasteiger charge is -2.08. The van der Waals surface area contributed by atoms with E-state index in [1.54, 1.807) is 11.3 Å². The highest BCUT2D eigenvalue weighted by molar-refractivity contribution is 7.15. The predicted molar refractivity (Wildman–Crippen MR) is 93.9 cm³/mol. The van der Waals surface area contributed by atoms with Crippen LogP contribution in [0.2, 0.25) is 0 Å². The first kappa shape index (κ1) is 15.0. The number of thiazole rings is 1. The molecule has 0 bridgehead atoms. The first-order valence-electron chi connectivity index (χ1n) is 7.91. The Morgan fingerprint density at radius 2 is 1.83 bits per heavy atom. The van der Waals surface area contributed by atoms with Crippen molar-refractivity contribution in [2.24, 2.45) is 0 Å². The monoisotopic (exact) mass is 339 g/mol. The summed E-state index contributed by atoms with van der Waals surface area (Å²) in [5, 5.41) is 0.945. The highest BCUT2D eigenvalue weighted by atomic mass is 32.1. The fourth-order valence-corrected chi connectivity index (χ4v) is 3.32. The fraction of sp³-hybridized carbons (Fsp3) is 0.211. The maximum absolute atomic E-state index is 5.76. The molecule has 2 aromatic carbocycles. The lowest BCUT2D eigenvalue weighted by atomic mass is 10.2. The van der Waals surface area contributed by atoms with Gasteiger partial charge < -0.3 is 14.2 Å². The van der Waals surface area contributed by atoms with E-state index in [1.165, 1.54) is 0 Å². The molecule has 0 saturated heterocycles. The van der Waals surface area contributed by atoms with Gasteiger partial charge in [0.2, 0.25) is 0 Å². The van der Waals surface area contributed by atoms with Crippen molar-refractivity contribution in [1.29, 1.82) is 0 Å². The molecule has 0 fully saturated rings. The van der Waals surface area contributed by atoms with Crippen LogP contribution in [0, 0.1) is 0 Å². The van der Waals surface area contributed by atoms with E-state index in [0.717, 1.165) is 39.1 Å². The quantitative estimate of drug-likeness (QED) is 0.699. The van der Waals surface area contributed by atoms with Gasteiger partial charge in [-0.05, 0) is 35.9 Å². The number of fused-ring (bicyclic) bond motifs is 1. The fourth-order valence-electron chi connectivity index (χ4n) is 2.49. The second-order valence-electron chi connectivity index (χ2n) is 5.43. The zero-order valence-corrected chi connectivity index (χ0v) is 13.9. The lowest BCUT2D eigenvalue weighted by molar-refractivity contribution is 0.297. The van der Waals surface area contributed by atoms with Crippen LogP contribution >= 0.6 is 11.3 Å². The van der Waals surface area contributed by atoms with Crippen LogP contribution < -0.4 is 14.2 Å². The molecular formula is C19H17NO3S. The predicted octanol–water partition coefficient (Wildman–Crippen LogP) is 4.55. The van der Waals surface area contributed by atoms with Crippen LogP contribution in [0.5, 0.6) is 17.2 Å². The van der Waals surface area contributed by atoms with Crippen LogP contribution in [-0.4, -0.2) is 18.2 Å². The van der Waals surface area contributed by atoms with Crippen LogP contribution in [0.15, 0.2) is 54.7 Å². The normalized spacial score (nSPS) is 13.3. The van der Waals surface area contributed by atoms with Gasteiger partial charge in [0.1, 0.15) is 17.4 Å². The van der Waals surface area contributed by atoms with E-state index in [-0.39, 0.29) is 0 Å². The summed E-state index contributed by atoms with van der Waals surface area (Å²) in [7, 11) is 0. The number of rotatable bonds is 4. The average molecular weight is 339 g/mol. The number of aromatic nitrogens is 1. The molecule has 0 atom stereocenters. The number of hydrogen-bond acceptors (Lipinski definition) is 5. The van der Waals surface area contributed by atoms with Gasteiger partial charge in [0, 0.05) is 12.6 Å². The van der Waals surface area contributed by atoms with E-state index >= 15 is 0 Å². The van der Waals surface area contributed by atoms with Crippen molar-refractivity contribution in [2.45, 2.75) is 13.0 Å². The van der Waals surface area contributed by atoms with Crippen LogP contribution in [0.3, 0.4) is 0 Å². The Morgan fingerprint density at radius 3 is 2.71 bits per heavy atom. The number of ether oxygens (including phenoxy) is 3. The molecule has 24 heavy (non-hydrogen) atoms. The van der Waals surface area contributed by atoms with Gasteiger partial charge in [-0.15, -0.1) is 11.3 Å². The summed E-state index contributed by atoms with van der Waals surface area (Å²) in [6, 6.07) is 15.8. The van der Waals surface area contributed by atoms with E-state index in [4.69, 9.17) is 14.2 Å². The Kier molecular flexibility index (Phi) is 4.34. The lowest BCUT2D eigenvalue weighted by Crippen LogP contribution is -1.97. The number of para-hydroxylation sites is 1. The maximum Gasteiger partial charge on any atom is 0.161 e. The molecule has 1 aliphatic heterocycles. The van der Waals surface area contributed by atoms with Crippen molar-refractivity contribution in [3.8, 4) is 27.7 Å². The van der Waals surface area contributed by atoms with E-state index in [2.05, 4.69) is 4.98 Å². The van der Waals surface area contributed by atoms with Crippen molar-refractivity contribution in [3.05, 3.63) is 59.7 Å². The first-order valence-corrected chi connectivity index (χ1v) is 8.73. The smallest absolute Gasteiger partial charge is 0.161 e. The third kappa shape index (κ3) is 3.36. The molecule has 0 radical (unpaired) electrons. The summed E-state index contributed by atoms with van der Waals surface area (Å²) in [6.07, 6.45) is 2.79. The van der Waals surface area contributed by atoms with Crippen LogP contribution in [0.25, 0.3) is 10.4 Å². The Bertz CT molecular complexity index is 816. The SMILES string of the molecule is c1ccc(OCc2ncc(-c3ccc4c(c3)OCCCO4)s2)cc1. The van der Waals surface area contributed by atoms with Crippen molar-refractivity contribution in [1.82, 2.24) is 4.98 Å². The molecule has 3 aromatic rings. The number of benzene rings is 2. The van der Waals surface area contributed by atoms with Crippen LogP contribution in [-0.2, 0) is 6.61 Å². The molecule has 0 saturated carbocycles. The first-order chi connectivity index (χ1) is 11.9. The van der Waals surface area contributed by atoms with Gasteiger partial charge in [0.15, 0.2) is 11.5 Å². The number of hydrogen-bond donors (Lipinski definition) is 0. The van der Waals surface area contributed by atoms with Crippen molar-refractivity contribution in [2.75, 3.05) is 13.2 Å². The molecule has 2 heterocycles. The standard InChI is InChI=1S/C19H17NO3S/c1-2-5-15(6-3-1)23-13-19-20-12-18(24-19)14-7-8-16-17(11-14)22-10-4-9-21-16/h1-3,5-8,11-12H,4,9-10,13H2. The van der Waals surface area contributed by atoms with Gasteiger partial charge in [-0.25, -0.2) is 4.98 Å². The maximum atomic E-state index is 5.76. The molecule has 0 aliphatic carbocycles. The van der Waals surface area contributed by atoms with Crippen molar-refractivity contribution in [3.63, 3.8) is 0 Å². The Labute approximate surface area is 144 Å². The highest BCUT2D eigenvalue weighted by Gasteiger charge is 2.13. The third-order valence-electron chi connectivity index (χ3n) is 3.69. The Balaban J connectivity index is 1.49. The number of nitrogens with zero attached hydrogens (tertiary/aromatic N) is 1.